The molecule has 0 radical (unpaired) electrons. The Morgan fingerprint density at radius 3 is 2.60 bits per heavy atom. The molecule has 0 bridgehead atoms. The first kappa shape index (κ1) is 19.1. The Bertz CT molecular complexity index is 871. The number of sulfonamides is 1. The lowest BCUT2D eigenvalue weighted by Crippen LogP contribution is -2.17. The summed E-state index contributed by atoms with van der Waals surface area (Å²) in [6, 6.07) is 11.2. The van der Waals surface area contributed by atoms with Crippen LogP contribution in [0.25, 0.3) is 0 Å². The van der Waals surface area contributed by atoms with Crippen LogP contribution in [0.5, 0.6) is 11.5 Å². The van der Waals surface area contributed by atoms with E-state index in [9.17, 15) is 13.2 Å². The first-order valence-corrected chi connectivity index (χ1v) is 9.47. The van der Waals surface area contributed by atoms with Gasteiger partial charge in [0.2, 0.25) is 5.91 Å². The van der Waals surface area contributed by atoms with E-state index in [0.29, 0.717) is 10.2 Å². The van der Waals surface area contributed by atoms with Gasteiger partial charge in [-0.2, -0.15) is 0 Å². The second-order valence-electron chi connectivity index (χ2n) is 4.96. The number of benzene rings is 2. The van der Waals surface area contributed by atoms with Crippen molar-refractivity contribution in [1.29, 1.82) is 0 Å². The number of nitrogens with one attached hydrogen (secondary N) is 1. The summed E-state index contributed by atoms with van der Waals surface area (Å²) < 4.78 is 39.1. The molecule has 2 aromatic carbocycles. The normalized spacial score (nSPS) is 11.0. The number of halogens is 1. The van der Waals surface area contributed by atoms with Gasteiger partial charge in [-0.3, -0.25) is 9.52 Å². The van der Waals surface area contributed by atoms with E-state index in [1.54, 1.807) is 36.4 Å². The number of para-hydroxylation sites is 2. The number of carbonyl (C=O) groups is 1. The number of hydrogen-bond donors (Lipinski definition) is 2. The molecule has 0 aliphatic carbocycles. The van der Waals surface area contributed by atoms with Gasteiger partial charge in [-0.1, -0.05) is 28.1 Å². The molecule has 0 spiro atoms. The maximum atomic E-state index is 12.7. The van der Waals surface area contributed by atoms with Gasteiger partial charge in [0.25, 0.3) is 10.0 Å². The smallest absolute Gasteiger partial charge is 0.265 e. The van der Waals surface area contributed by atoms with Gasteiger partial charge < -0.3 is 15.2 Å². The van der Waals surface area contributed by atoms with Crippen molar-refractivity contribution < 1.29 is 22.7 Å². The number of methoxy groups -OCH3 is 1. The zero-order valence-corrected chi connectivity index (χ0v) is 15.8. The van der Waals surface area contributed by atoms with Gasteiger partial charge in [0.05, 0.1) is 25.8 Å². The van der Waals surface area contributed by atoms with Gasteiger partial charge >= 0.3 is 0 Å². The summed E-state index contributed by atoms with van der Waals surface area (Å²) in [4.78, 5) is 10.8. The summed E-state index contributed by atoms with van der Waals surface area (Å²) in [6.07, 6.45) is 0.0283. The zero-order chi connectivity index (χ0) is 18.4. The Balaban J connectivity index is 2.29. The second-order valence-corrected chi connectivity index (χ2v) is 7.53. The summed E-state index contributed by atoms with van der Waals surface area (Å²) in [6.45, 7) is 0.0499. The minimum absolute atomic E-state index is 0.0173. The van der Waals surface area contributed by atoms with E-state index in [1.807, 2.05) is 0 Å². The van der Waals surface area contributed by atoms with E-state index < -0.39 is 15.9 Å². The molecule has 0 aliphatic heterocycles. The van der Waals surface area contributed by atoms with Crippen LogP contribution >= 0.6 is 15.9 Å². The second kappa shape index (κ2) is 8.21. The first-order valence-electron chi connectivity index (χ1n) is 7.20. The zero-order valence-electron chi connectivity index (χ0n) is 13.4. The molecule has 134 valence electrons. The third-order valence-corrected chi connectivity index (χ3v) is 5.03. The van der Waals surface area contributed by atoms with Crippen LogP contribution in [0.2, 0.25) is 0 Å². The van der Waals surface area contributed by atoms with Gasteiger partial charge in [0, 0.05) is 4.47 Å². The van der Waals surface area contributed by atoms with E-state index >= 15 is 0 Å². The molecule has 0 heterocycles. The van der Waals surface area contributed by atoms with E-state index in [0.717, 1.165) is 0 Å². The van der Waals surface area contributed by atoms with Crippen LogP contribution in [0.4, 0.5) is 5.69 Å². The highest BCUT2D eigenvalue weighted by Gasteiger charge is 2.21. The van der Waals surface area contributed by atoms with Crippen LogP contribution in [0.15, 0.2) is 51.8 Å². The molecule has 2 aromatic rings. The predicted octanol–water partition coefficient (Wildman–Crippen LogP) is 2.51. The highest BCUT2D eigenvalue weighted by atomic mass is 79.9. The predicted molar refractivity (Wildman–Crippen MR) is 97.3 cm³/mol. The van der Waals surface area contributed by atoms with Crippen LogP contribution in [-0.4, -0.2) is 28.0 Å². The maximum Gasteiger partial charge on any atom is 0.265 e. The van der Waals surface area contributed by atoms with E-state index in [-0.39, 0.29) is 29.4 Å². The molecule has 0 atom stereocenters. The Kier molecular flexibility index (Phi) is 6.27. The molecule has 3 N–H and O–H groups in total. The number of carbonyl (C=O) groups excluding carboxylic acids is 1. The number of amides is 1. The lowest BCUT2D eigenvalue weighted by atomic mass is 10.3. The van der Waals surface area contributed by atoms with Crippen LogP contribution in [0.3, 0.4) is 0 Å². The fourth-order valence-corrected chi connectivity index (χ4v) is 3.78. The lowest BCUT2D eigenvalue weighted by molar-refractivity contribution is -0.118. The third kappa shape index (κ3) is 5.10. The average Bonchev–Trinajstić information content (AvgIpc) is 2.56. The molecule has 0 unspecified atom stereocenters. The minimum Gasteiger partial charge on any atom is -0.495 e. The van der Waals surface area contributed by atoms with Crippen molar-refractivity contribution in [3.05, 3.63) is 46.9 Å². The molecule has 1 amide bonds. The van der Waals surface area contributed by atoms with Crippen molar-refractivity contribution in [1.82, 2.24) is 0 Å². The van der Waals surface area contributed by atoms with Gasteiger partial charge in [-0.05, 0) is 30.3 Å². The molecule has 2 rings (SSSR count). The Hall–Kier alpha value is -2.26. The Morgan fingerprint density at radius 1 is 1.20 bits per heavy atom. The molecule has 9 heteroatoms. The van der Waals surface area contributed by atoms with Crippen molar-refractivity contribution in [3.8, 4) is 11.5 Å². The van der Waals surface area contributed by atoms with Crippen LogP contribution in [0.1, 0.15) is 6.42 Å². The number of rotatable bonds is 8. The lowest BCUT2D eigenvalue weighted by Gasteiger charge is -2.15. The molecule has 0 saturated carbocycles. The standard InChI is InChI=1S/C16H17BrN2O5S/c1-23-14-7-6-11(17)10-15(14)25(21,22)19-12-4-2-3-5-13(12)24-9-8-16(18)20/h2-7,10,19H,8-9H2,1H3,(H2,18,20). The van der Waals surface area contributed by atoms with Gasteiger partial charge in [-0.15, -0.1) is 0 Å². The SMILES string of the molecule is COc1ccc(Br)cc1S(=O)(=O)Nc1ccccc1OCCC(N)=O. The minimum atomic E-state index is -3.92. The van der Waals surface area contributed by atoms with E-state index in [4.69, 9.17) is 15.2 Å². The molecular formula is C16H17BrN2O5S. The average molecular weight is 429 g/mol. The van der Waals surface area contributed by atoms with Crippen LogP contribution in [0, 0.1) is 0 Å². The number of ether oxygens (including phenoxy) is 2. The van der Waals surface area contributed by atoms with E-state index in [1.165, 1.54) is 13.2 Å². The topological polar surface area (TPSA) is 108 Å². The first-order chi connectivity index (χ1) is 11.8. The Labute approximate surface area is 154 Å². The van der Waals surface area contributed by atoms with Crippen molar-refractivity contribution in [3.63, 3.8) is 0 Å². The third-order valence-electron chi connectivity index (χ3n) is 3.15. The monoisotopic (exact) mass is 428 g/mol. The van der Waals surface area contributed by atoms with Crippen LogP contribution < -0.4 is 19.9 Å². The molecule has 0 saturated heterocycles. The number of primary amides is 1. The molecule has 0 fully saturated rings. The summed E-state index contributed by atoms with van der Waals surface area (Å²) in [5, 5.41) is 0. The summed E-state index contributed by atoms with van der Waals surface area (Å²) >= 11 is 3.25. The van der Waals surface area contributed by atoms with Gasteiger partial charge in [0.15, 0.2) is 0 Å². The van der Waals surface area contributed by atoms with Crippen molar-refractivity contribution in [2.24, 2.45) is 5.73 Å². The van der Waals surface area contributed by atoms with E-state index in [2.05, 4.69) is 20.7 Å². The maximum absolute atomic E-state index is 12.7. The van der Waals surface area contributed by atoms with Gasteiger partial charge in [0.1, 0.15) is 16.4 Å². The molecule has 0 aromatic heterocycles. The quantitative estimate of drug-likeness (QED) is 0.671. The summed E-state index contributed by atoms with van der Waals surface area (Å²) in [5.74, 6) is 0.000973. The highest BCUT2D eigenvalue weighted by Crippen LogP contribution is 2.31. The number of anilines is 1. The fourth-order valence-electron chi connectivity index (χ4n) is 2.00. The molecule has 25 heavy (non-hydrogen) atoms. The largest absolute Gasteiger partial charge is 0.495 e. The summed E-state index contributed by atoms with van der Waals surface area (Å²) in [7, 11) is -2.53. The number of nitrogens with two attached hydrogens (primary N) is 1. The summed E-state index contributed by atoms with van der Waals surface area (Å²) in [5.41, 5.74) is 5.31. The Morgan fingerprint density at radius 2 is 1.92 bits per heavy atom. The highest BCUT2D eigenvalue weighted by molar-refractivity contribution is 9.10. The molecule has 7 nitrogen and oxygen atoms in total. The molecule has 0 aliphatic rings. The van der Waals surface area contributed by atoms with Crippen molar-refractivity contribution in [2.45, 2.75) is 11.3 Å². The molecular weight excluding hydrogens is 412 g/mol. The van der Waals surface area contributed by atoms with Gasteiger partial charge in [-0.25, -0.2) is 8.42 Å². The van der Waals surface area contributed by atoms with Crippen molar-refractivity contribution in [2.75, 3.05) is 18.4 Å². The van der Waals surface area contributed by atoms with Crippen molar-refractivity contribution >= 4 is 37.5 Å². The van der Waals surface area contributed by atoms with Crippen LogP contribution in [-0.2, 0) is 14.8 Å². The fraction of sp³-hybridized carbons (Fsp3) is 0.188. The number of hydrogen-bond acceptors (Lipinski definition) is 5.